The van der Waals surface area contributed by atoms with Crippen LogP contribution in [-0.2, 0) is 0 Å². The van der Waals surface area contributed by atoms with Crippen LogP contribution in [0.15, 0.2) is 30.3 Å². The summed E-state index contributed by atoms with van der Waals surface area (Å²) in [5.41, 5.74) is 1.92. The number of nitrogens with zero attached hydrogens (tertiary/aromatic N) is 1. The van der Waals surface area contributed by atoms with Crippen LogP contribution in [0.4, 0.5) is 0 Å². The number of fused-ring (bicyclic) bond motifs is 2. The van der Waals surface area contributed by atoms with Gasteiger partial charge in [0.1, 0.15) is 0 Å². The molecular formula is C16H23N. The van der Waals surface area contributed by atoms with E-state index in [4.69, 9.17) is 0 Å². The van der Waals surface area contributed by atoms with E-state index >= 15 is 0 Å². The van der Waals surface area contributed by atoms with Crippen LogP contribution in [-0.4, -0.2) is 24.5 Å². The standard InChI is InChI=1S/C16H23N/c1-16(17(2)3)14-10-9-13(11-14)15(16)12-7-5-4-6-8-12/h4-8,13-15H,9-11H2,1-3H3. The van der Waals surface area contributed by atoms with Crippen LogP contribution >= 0.6 is 0 Å². The van der Waals surface area contributed by atoms with Crippen molar-refractivity contribution in [1.29, 1.82) is 0 Å². The Kier molecular flexibility index (Phi) is 2.55. The first-order valence-electron chi connectivity index (χ1n) is 6.86. The zero-order chi connectivity index (χ0) is 12.0. The zero-order valence-electron chi connectivity index (χ0n) is 11.2. The van der Waals surface area contributed by atoms with Crippen LogP contribution in [0.5, 0.6) is 0 Å². The highest BCUT2D eigenvalue weighted by Crippen LogP contribution is 2.60. The molecule has 2 fully saturated rings. The third kappa shape index (κ3) is 1.48. The summed E-state index contributed by atoms with van der Waals surface area (Å²) < 4.78 is 0. The maximum absolute atomic E-state index is 2.48. The molecule has 0 heterocycles. The first kappa shape index (κ1) is 11.3. The minimum absolute atomic E-state index is 0.365. The molecule has 0 spiro atoms. The second-order valence-electron chi connectivity index (χ2n) is 6.28. The Morgan fingerprint density at radius 2 is 1.82 bits per heavy atom. The smallest absolute Gasteiger partial charge is 0.0274 e. The predicted octanol–water partition coefficient (Wildman–Crippen LogP) is 3.52. The van der Waals surface area contributed by atoms with E-state index in [9.17, 15) is 0 Å². The van der Waals surface area contributed by atoms with E-state index in [1.165, 1.54) is 19.3 Å². The molecule has 2 bridgehead atoms. The van der Waals surface area contributed by atoms with Crippen molar-refractivity contribution in [2.45, 2.75) is 37.6 Å². The average molecular weight is 229 g/mol. The molecule has 4 unspecified atom stereocenters. The molecule has 2 saturated carbocycles. The van der Waals surface area contributed by atoms with E-state index in [1.54, 1.807) is 5.56 Å². The molecule has 1 aromatic carbocycles. The van der Waals surface area contributed by atoms with Gasteiger partial charge < -0.3 is 4.90 Å². The highest BCUT2D eigenvalue weighted by atomic mass is 15.2. The van der Waals surface area contributed by atoms with Gasteiger partial charge in [0.05, 0.1) is 0 Å². The Hall–Kier alpha value is -0.820. The van der Waals surface area contributed by atoms with Gasteiger partial charge in [-0.05, 0) is 57.7 Å². The third-order valence-corrected chi connectivity index (χ3v) is 5.52. The number of rotatable bonds is 2. The summed E-state index contributed by atoms with van der Waals surface area (Å²) in [4.78, 5) is 2.48. The van der Waals surface area contributed by atoms with Gasteiger partial charge in [0, 0.05) is 11.5 Å². The van der Waals surface area contributed by atoms with Crippen LogP contribution in [0.25, 0.3) is 0 Å². The van der Waals surface area contributed by atoms with Gasteiger partial charge in [-0.2, -0.15) is 0 Å². The summed E-state index contributed by atoms with van der Waals surface area (Å²) in [6, 6.07) is 11.2. The highest BCUT2D eigenvalue weighted by Gasteiger charge is 2.56. The minimum Gasteiger partial charge on any atom is -0.303 e. The second kappa shape index (κ2) is 3.84. The fourth-order valence-electron chi connectivity index (χ4n) is 4.49. The van der Waals surface area contributed by atoms with Gasteiger partial charge in [0.25, 0.3) is 0 Å². The molecule has 2 aliphatic rings. The van der Waals surface area contributed by atoms with Crippen molar-refractivity contribution in [2.24, 2.45) is 11.8 Å². The number of likely N-dealkylation sites (N-methyl/N-ethyl adjacent to an activating group) is 1. The van der Waals surface area contributed by atoms with Crippen molar-refractivity contribution in [1.82, 2.24) is 4.90 Å². The quantitative estimate of drug-likeness (QED) is 0.750. The van der Waals surface area contributed by atoms with Gasteiger partial charge in [-0.1, -0.05) is 30.3 Å². The lowest BCUT2D eigenvalue weighted by atomic mass is 9.70. The maximum Gasteiger partial charge on any atom is 0.0274 e. The van der Waals surface area contributed by atoms with Crippen LogP contribution in [0.1, 0.15) is 37.7 Å². The van der Waals surface area contributed by atoms with Gasteiger partial charge in [-0.15, -0.1) is 0 Å². The average Bonchev–Trinajstić information content (AvgIpc) is 2.89. The Labute approximate surface area is 105 Å². The lowest BCUT2D eigenvalue weighted by Gasteiger charge is -2.46. The third-order valence-electron chi connectivity index (χ3n) is 5.52. The summed E-state index contributed by atoms with van der Waals surface area (Å²) >= 11 is 0. The summed E-state index contributed by atoms with van der Waals surface area (Å²) in [5.74, 6) is 2.54. The van der Waals surface area contributed by atoms with E-state index in [0.717, 1.165) is 17.8 Å². The Morgan fingerprint density at radius 1 is 1.12 bits per heavy atom. The highest BCUT2D eigenvalue weighted by molar-refractivity contribution is 5.29. The molecule has 0 aromatic heterocycles. The molecule has 0 aliphatic heterocycles. The van der Waals surface area contributed by atoms with E-state index in [2.05, 4.69) is 56.3 Å². The van der Waals surface area contributed by atoms with Crippen molar-refractivity contribution >= 4 is 0 Å². The van der Waals surface area contributed by atoms with Gasteiger partial charge in [0.2, 0.25) is 0 Å². The van der Waals surface area contributed by atoms with Crippen LogP contribution in [0.3, 0.4) is 0 Å². The van der Waals surface area contributed by atoms with E-state index in [1.807, 2.05) is 0 Å². The molecule has 4 atom stereocenters. The van der Waals surface area contributed by atoms with Crippen molar-refractivity contribution < 1.29 is 0 Å². The molecule has 3 rings (SSSR count). The Morgan fingerprint density at radius 3 is 2.47 bits per heavy atom. The number of hydrogen-bond donors (Lipinski definition) is 0. The molecule has 92 valence electrons. The molecule has 17 heavy (non-hydrogen) atoms. The van der Waals surface area contributed by atoms with E-state index in [0.29, 0.717) is 5.54 Å². The van der Waals surface area contributed by atoms with Gasteiger partial charge >= 0.3 is 0 Å². The molecule has 0 amide bonds. The number of benzene rings is 1. The molecule has 1 heteroatoms. The number of hydrogen-bond acceptors (Lipinski definition) is 1. The normalized spacial score (nSPS) is 40.1. The Balaban J connectivity index is 2.03. The van der Waals surface area contributed by atoms with Crippen LogP contribution < -0.4 is 0 Å². The minimum atomic E-state index is 0.365. The SMILES string of the molecule is CN(C)C1(C)C2CCC(C2)C1c1ccccc1. The molecule has 0 N–H and O–H groups in total. The van der Waals surface area contributed by atoms with Gasteiger partial charge in [-0.25, -0.2) is 0 Å². The van der Waals surface area contributed by atoms with Crippen molar-refractivity contribution in [3.05, 3.63) is 35.9 Å². The lowest BCUT2D eigenvalue weighted by molar-refractivity contribution is 0.0782. The molecule has 0 saturated heterocycles. The fraction of sp³-hybridized carbons (Fsp3) is 0.625. The maximum atomic E-state index is 2.48. The first-order chi connectivity index (χ1) is 8.14. The molecule has 1 aromatic rings. The van der Waals surface area contributed by atoms with E-state index < -0.39 is 0 Å². The summed E-state index contributed by atoms with van der Waals surface area (Å²) in [6.07, 6.45) is 4.31. The summed E-state index contributed by atoms with van der Waals surface area (Å²) in [6.45, 7) is 2.48. The van der Waals surface area contributed by atoms with Crippen molar-refractivity contribution in [2.75, 3.05) is 14.1 Å². The Bertz CT molecular complexity index is 397. The summed E-state index contributed by atoms with van der Waals surface area (Å²) in [7, 11) is 4.52. The first-order valence-corrected chi connectivity index (χ1v) is 6.86. The van der Waals surface area contributed by atoms with Crippen LogP contribution in [0.2, 0.25) is 0 Å². The van der Waals surface area contributed by atoms with Crippen LogP contribution in [0, 0.1) is 11.8 Å². The largest absolute Gasteiger partial charge is 0.303 e. The monoisotopic (exact) mass is 229 g/mol. The molecule has 1 nitrogen and oxygen atoms in total. The second-order valence-corrected chi connectivity index (χ2v) is 6.28. The van der Waals surface area contributed by atoms with Crippen molar-refractivity contribution in [3.8, 4) is 0 Å². The molecule has 2 aliphatic carbocycles. The topological polar surface area (TPSA) is 3.24 Å². The van der Waals surface area contributed by atoms with Gasteiger partial charge in [0.15, 0.2) is 0 Å². The summed E-state index contributed by atoms with van der Waals surface area (Å²) in [5, 5.41) is 0. The molecule has 0 radical (unpaired) electrons. The predicted molar refractivity (Wildman–Crippen MR) is 72.1 cm³/mol. The zero-order valence-corrected chi connectivity index (χ0v) is 11.2. The van der Waals surface area contributed by atoms with E-state index in [-0.39, 0.29) is 0 Å². The van der Waals surface area contributed by atoms with Crippen molar-refractivity contribution in [3.63, 3.8) is 0 Å². The fourth-order valence-corrected chi connectivity index (χ4v) is 4.49. The molecular weight excluding hydrogens is 206 g/mol. The lowest BCUT2D eigenvalue weighted by Crippen LogP contribution is -2.50. The van der Waals surface area contributed by atoms with Gasteiger partial charge in [-0.3, -0.25) is 0 Å².